The summed E-state index contributed by atoms with van der Waals surface area (Å²) >= 11 is 1.12. The topological polar surface area (TPSA) is 50.2 Å². The van der Waals surface area contributed by atoms with Crippen LogP contribution in [0.4, 0.5) is 0 Å². The zero-order valence-corrected chi connectivity index (χ0v) is 6.80. The van der Waals surface area contributed by atoms with Gasteiger partial charge in [-0.25, -0.2) is 4.79 Å². The van der Waals surface area contributed by atoms with E-state index in [1.54, 1.807) is 0 Å². The molecule has 0 aliphatic heterocycles. The van der Waals surface area contributed by atoms with E-state index in [4.69, 9.17) is 5.11 Å². The fourth-order valence-corrected chi connectivity index (χ4v) is 0.779. The summed E-state index contributed by atoms with van der Waals surface area (Å²) in [4.78, 5) is 13.9. The highest BCUT2D eigenvalue weighted by molar-refractivity contribution is 8.93. The maximum absolute atomic E-state index is 10.0. The van der Waals surface area contributed by atoms with Crippen LogP contribution in [0.5, 0.6) is 0 Å². The highest BCUT2D eigenvalue weighted by Gasteiger charge is 2.00. The third-order valence-electron chi connectivity index (χ3n) is 0.643. The predicted molar refractivity (Wildman–Crippen MR) is 39.4 cm³/mol. The van der Waals surface area contributed by atoms with Crippen molar-refractivity contribution in [1.82, 2.24) is 4.98 Å². The first-order valence-corrected chi connectivity index (χ1v) is 2.80. The van der Waals surface area contributed by atoms with Gasteiger partial charge in [-0.1, -0.05) is 0 Å². The summed E-state index contributed by atoms with van der Waals surface area (Å²) in [7, 11) is 0. The molecular formula is C4H4BrNO2S. The summed E-state index contributed by atoms with van der Waals surface area (Å²) in [5, 5.41) is 8.24. The Morgan fingerprint density at radius 2 is 2.44 bits per heavy atom. The number of carbonyl (C=O) groups is 1. The van der Waals surface area contributed by atoms with Crippen molar-refractivity contribution in [1.29, 1.82) is 0 Å². The average Bonchev–Trinajstić information content (AvgIpc) is 2.12. The minimum atomic E-state index is -0.910. The lowest BCUT2D eigenvalue weighted by atomic mass is 10.6. The lowest BCUT2D eigenvalue weighted by molar-refractivity contribution is 0.0702. The number of aromatic carboxylic acids is 1. The van der Waals surface area contributed by atoms with Crippen LogP contribution in [0.1, 0.15) is 9.67 Å². The number of hydrogen-bond donors (Lipinski definition) is 1. The van der Waals surface area contributed by atoms with E-state index >= 15 is 0 Å². The van der Waals surface area contributed by atoms with Gasteiger partial charge >= 0.3 is 5.97 Å². The summed E-state index contributed by atoms with van der Waals surface area (Å²) in [5.41, 5.74) is 1.49. The second kappa shape index (κ2) is 3.58. The van der Waals surface area contributed by atoms with E-state index in [1.165, 1.54) is 11.7 Å². The van der Waals surface area contributed by atoms with E-state index in [9.17, 15) is 4.79 Å². The van der Waals surface area contributed by atoms with Crippen molar-refractivity contribution in [3.05, 3.63) is 16.6 Å². The number of aromatic nitrogens is 1. The van der Waals surface area contributed by atoms with E-state index in [2.05, 4.69) is 4.98 Å². The first-order valence-electron chi connectivity index (χ1n) is 1.92. The zero-order chi connectivity index (χ0) is 5.98. The molecule has 1 aromatic heterocycles. The van der Waals surface area contributed by atoms with Gasteiger partial charge in [-0.05, 0) is 0 Å². The Morgan fingerprint density at radius 1 is 1.78 bits per heavy atom. The predicted octanol–water partition coefficient (Wildman–Crippen LogP) is 1.42. The zero-order valence-electron chi connectivity index (χ0n) is 4.27. The van der Waals surface area contributed by atoms with Gasteiger partial charge in [0.15, 0.2) is 0 Å². The third kappa shape index (κ3) is 2.11. The molecule has 1 aromatic rings. The van der Waals surface area contributed by atoms with Crippen LogP contribution in [-0.4, -0.2) is 16.1 Å². The summed E-state index contributed by atoms with van der Waals surface area (Å²) < 4.78 is 0. The summed E-state index contributed by atoms with van der Waals surface area (Å²) in [6.07, 6.45) is 1.33. The standard InChI is InChI=1S/C4H3NO2S.BrH/c6-4(7)3-1-5-2-8-3;/h1-2H,(H,6,7);1H. The van der Waals surface area contributed by atoms with Gasteiger partial charge in [0.1, 0.15) is 4.88 Å². The molecule has 0 fully saturated rings. The largest absolute Gasteiger partial charge is 0.477 e. The molecule has 5 heteroatoms. The number of carboxylic acid groups (broad SMARTS) is 1. The Labute approximate surface area is 66.1 Å². The quantitative estimate of drug-likeness (QED) is 0.762. The number of rotatable bonds is 1. The summed E-state index contributed by atoms with van der Waals surface area (Å²) in [6.45, 7) is 0. The van der Waals surface area contributed by atoms with Crippen molar-refractivity contribution >= 4 is 34.3 Å². The SMILES string of the molecule is Br.O=C(O)c1cncs1. The number of thiazole rings is 1. The lowest BCUT2D eigenvalue weighted by Crippen LogP contribution is -1.89. The van der Waals surface area contributed by atoms with Gasteiger partial charge in [0.2, 0.25) is 0 Å². The van der Waals surface area contributed by atoms with Crippen molar-refractivity contribution in [2.45, 2.75) is 0 Å². The first kappa shape index (κ1) is 8.58. The average molecular weight is 210 g/mol. The highest BCUT2D eigenvalue weighted by Crippen LogP contribution is 2.03. The number of nitrogens with zero attached hydrogens (tertiary/aromatic N) is 1. The molecule has 1 N–H and O–H groups in total. The number of halogens is 1. The molecule has 50 valence electrons. The Balaban J connectivity index is 0.000000640. The Morgan fingerprint density at radius 3 is 2.67 bits per heavy atom. The highest BCUT2D eigenvalue weighted by atomic mass is 79.9. The molecule has 0 unspecified atom stereocenters. The molecule has 0 amide bonds. The van der Waals surface area contributed by atoms with Gasteiger partial charge in [0.05, 0.1) is 11.7 Å². The molecule has 0 aliphatic rings. The molecule has 1 rings (SSSR count). The van der Waals surface area contributed by atoms with E-state index in [-0.39, 0.29) is 21.9 Å². The molecule has 0 aliphatic carbocycles. The van der Waals surface area contributed by atoms with E-state index in [0.29, 0.717) is 0 Å². The summed E-state index contributed by atoms with van der Waals surface area (Å²) in [5.74, 6) is -0.910. The molecule has 0 aromatic carbocycles. The van der Waals surface area contributed by atoms with Gasteiger partial charge in [-0.3, -0.25) is 4.98 Å². The van der Waals surface area contributed by atoms with Crippen molar-refractivity contribution in [2.75, 3.05) is 0 Å². The molecule has 3 nitrogen and oxygen atoms in total. The van der Waals surface area contributed by atoms with Crippen LogP contribution in [0.3, 0.4) is 0 Å². The second-order valence-corrected chi connectivity index (χ2v) is 2.06. The molecule has 0 bridgehead atoms. The third-order valence-corrected chi connectivity index (χ3v) is 1.40. The smallest absolute Gasteiger partial charge is 0.347 e. The van der Waals surface area contributed by atoms with Crippen molar-refractivity contribution < 1.29 is 9.90 Å². The van der Waals surface area contributed by atoms with E-state index < -0.39 is 5.97 Å². The minimum Gasteiger partial charge on any atom is -0.477 e. The van der Waals surface area contributed by atoms with Crippen LogP contribution in [0.15, 0.2) is 11.7 Å². The van der Waals surface area contributed by atoms with Crippen LogP contribution >= 0.6 is 28.3 Å². The second-order valence-electron chi connectivity index (χ2n) is 1.17. The summed E-state index contributed by atoms with van der Waals surface area (Å²) in [6, 6.07) is 0. The molecule has 0 saturated carbocycles. The molecular weight excluding hydrogens is 206 g/mol. The Hall–Kier alpha value is -0.420. The Bertz CT molecular complexity index is 186. The first-order chi connectivity index (χ1) is 3.80. The monoisotopic (exact) mass is 209 g/mol. The number of carboxylic acids is 1. The maximum atomic E-state index is 10.0. The van der Waals surface area contributed by atoms with Crippen LogP contribution in [0.25, 0.3) is 0 Å². The van der Waals surface area contributed by atoms with Crippen molar-refractivity contribution in [2.24, 2.45) is 0 Å². The normalized spacial score (nSPS) is 8.00. The fraction of sp³-hybridized carbons (Fsp3) is 0. The van der Waals surface area contributed by atoms with E-state index in [0.717, 1.165) is 11.3 Å². The molecule has 9 heavy (non-hydrogen) atoms. The molecule has 0 saturated heterocycles. The molecule has 0 radical (unpaired) electrons. The minimum absolute atomic E-state index is 0. The van der Waals surface area contributed by atoms with Gasteiger partial charge < -0.3 is 5.11 Å². The van der Waals surface area contributed by atoms with Crippen LogP contribution in [-0.2, 0) is 0 Å². The molecule has 0 atom stereocenters. The fourth-order valence-electron chi connectivity index (χ4n) is 0.321. The van der Waals surface area contributed by atoms with Crippen molar-refractivity contribution in [3.63, 3.8) is 0 Å². The number of hydrogen-bond acceptors (Lipinski definition) is 3. The molecule has 1 heterocycles. The van der Waals surface area contributed by atoms with Crippen LogP contribution in [0.2, 0.25) is 0 Å². The van der Waals surface area contributed by atoms with Crippen molar-refractivity contribution in [3.8, 4) is 0 Å². The Kier molecular flexibility index (Phi) is 3.41. The lowest BCUT2D eigenvalue weighted by Gasteiger charge is -1.77. The van der Waals surface area contributed by atoms with Crippen LogP contribution in [0, 0.1) is 0 Å². The van der Waals surface area contributed by atoms with Gasteiger partial charge in [-0.15, -0.1) is 28.3 Å². The van der Waals surface area contributed by atoms with Gasteiger partial charge in [0, 0.05) is 0 Å². The van der Waals surface area contributed by atoms with Crippen LogP contribution < -0.4 is 0 Å². The maximum Gasteiger partial charge on any atom is 0.347 e. The van der Waals surface area contributed by atoms with Gasteiger partial charge in [-0.2, -0.15) is 0 Å². The van der Waals surface area contributed by atoms with Gasteiger partial charge in [0.25, 0.3) is 0 Å². The molecule has 0 spiro atoms. The van der Waals surface area contributed by atoms with E-state index in [1.807, 2.05) is 0 Å².